The minimum Gasteiger partial charge on any atom is -0.453 e. The van der Waals surface area contributed by atoms with Crippen LogP contribution in [0, 0.1) is 11.2 Å². The van der Waals surface area contributed by atoms with E-state index in [4.69, 9.17) is 4.74 Å². The SMILES string of the molecule is O=C1N([C@H]2CC[C@@H](O)CC2)CC[C@]12CCCN(c1ccc(Oc3cccnc3)c(F)c1)C2. The Morgan fingerprint density at radius 3 is 2.72 bits per heavy atom. The summed E-state index contributed by atoms with van der Waals surface area (Å²) in [6.45, 7) is 2.23. The van der Waals surface area contributed by atoms with Gasteiger partial charge < -0.3 is 19.6 Å². The zero-order valence-corrected chi connectivity index (χ0v) is 18.3. The van der Waals surface area contributed by atoms with Gasteiger partial charge in [0.15, 0.2) is 11.6 Å². The van der Waals surface area contributed by atoms with Crippen molar-refractivity contribution in [3.05, 3.63) is 48.5 Å². The zero-order valence-electron chi connectivity index (χ0n) is 18.3. The lowest BCUT2D eigenvalue weighted by molar-refractivity contribution is -0.139. The molecule has 1 aromatic carbocycles. The summed E-state index contributed by atoms with van der Waals surface area (Å²) >= 11 is 0. The number of carbonyl (C=O) groups is 1. The normalized spacial score (nSPS) is 28.4. The van der Waals surface area contributed by atoms with Crippen LogP contribution in [0.25, 0.3) is 0 Å². The predicted molar refractivity (Wildman–Crippen MR) is 119 cm³/mol. The van der Waals surface area contributed by atoms with Crippen LogP contribution in [0.2, 0.25) is 0 Å². The van der Waals surface area contributed by atoms with Crippen molar-refractivity contribution in [2.24, 2.45) is 5.41 Å². The van der Waals surface area contributed by atoms with Crippen LogP contribution in [0.3, 0.4) is 0 Å². The second-order valence-electron chi connectivity index (χ2n) is 9.42. The maximum absolute atomic E-state index is 14.8. The van der Waals surface area contributed by atoms with Gasteiger partial charge >= 0.3 is 0 Å². The third-order valence-electron chi connectivity index (χ3n) is 7.37. The highest BCUT2D eigenvalue weighted by Gasteiger charge is 2.50. The lowest BCUT2D eigenvalue weighted by Crippen LogP contribution is -2.50. The maximum Gasteiger partial charge on any atom is 0.230 e. The first kappa shape index (κ1) is 21.2. The Morgan fingerprint density at radius 2 is 1.97 bits per heavy atom. The largest absolute Gasteiger partial charge is 0.453 e. The van der Waals surface area contributed by atoms with Crippen molar-refractivity contribution in [2.45, 2.75) is 57.1 Å². The van der Waals surface area contributed by atoms with Gasteiger partial charge in [0.2, 0.25) is 5.91 Å². The van der Waals surface area contributed by atoms with Gasteiger partial charge in [0.25, 0.3) is 0 Å². The fourth-order valence-corrected chi connectivity index (χ4v) is 5.60. The Balaban J connectivity index is 1.29. The molecule has 2 aromatic rings. The van der Waals surface area contributed by atoms with Crippen LogP contribution < -0.4 is 9.64 Å². The molecule has 1 saturated carbocycles. The highest BCUT2D eigenvalue weighted by Crippen LogP contribution is 2.43. The van der Waals surface area contributed by atoms with E-state index in [-0.39, 0.29) is 29.2 Å². The molecule has 6 nitrogen and oxygen atoms in total. The Labute approximate surface area is 188 Å². The van der Waals surface area contributed by atoms with Gasteiger partial charge in [-0.1, -0.05) is 0 Å². The van der Waals surface area contributed by atoms with Gasteiger partial charge in [-0.3, -0.25) is 9.78 Å². The number of anilines is 1. The molecule has 0 unspecified atom stereocenters. The van der Waals surface area contributed by atoms with Crippen molar-refractivity contribution in [1.82, 2.24) is 9.88 Å². The van der Waals surface area contributed by atoms with Crippen LogP contribution in [0.15, 0.2) is 42.7 Å². The van der Waals surface area contributed by atoms with Crippen LogP contribution in [0.4, 0.5) is 10.1 Å². The van der Waals surface area contributed by atoms with Crippen LogP contribution in [-0.2, 0) is 4.79 Å². The van der Waals surface area contributed by atoms with Crippen LogP contribution >= 0.6 is 0 Å². The van der Waals surface area contributed by atoms with Crippen molar-refractivity contribution in [1.29, 1.82) is 0 Å². The van der Waals surface area contributed by atoms with Crippen molar-refractivity contribution in [2.75, 3.05) is 24.5 Å². The van der Waals surface area contributed by atoms with Crippen molar-refractivity contribution < 1.29 is 19.0 Å². The Bertz CT molecular complexity index is 964. The van der Waals surface area contributed by atoms with Gasteiger partial charge in [0.1, 0.15) is 5.75 Å². The number of aliphatic hydroxyl groups is 1. The average Bonchev–Trinajstić information content (AvgIpc) is 3.12. The summed E-state index contributed by atoms with van der Waals surface area (Å²) in [5, 5.41) is 9.81. The minimum atomic E-state index is -0.425. The fourth-order valence-electron chi connectivity index (χ4n) is 5.60. The van der Waals surface area contributed by atoms with Gasteiger partial charge in [-0.05, 0) is 69.2 Å². The number of benzene rings is 1. The van der Waals surface area contributed by atoms with E-state index in [0.717, 1.165) is 63.7 Å². The number of hydrogen-bond acceptors (Lipinski definition) is 5. The van der Waals surface area contributed by atoms with E-state index >= 15 is 0 Å². The molecular formula is C25H30FN3O3. The zero-order chi connectivity index (χ0) is 22.1. The molecule has 1 amide bonds. The topological polar surface area (TPSA) is 65.9 Å². The maximum atomic E-state index is 14.8. The summed E-state index contributed by atoms with van der Waals surface area (Å²) in [7, 11) is 0. The van der Waals surface area contributed by atoms with E-state index in [1.807, 2.05) is 6.07 Å². The molecule has 0 radical (unpaired) electrons. The molecule has 1 N–H and O–H groups in total. The summed E-state index contributed by atoms with van der Waals surface area (Å²) in [6.07, 6.45) is 8.95. The quantitative estimate of drug-likeness (QED) is 0.776. The van der Waals surface area contributed by atoms with Gasteiger partial charge in [-0.15, -0.1) is 0 Å². The summed E-state index contributed by atoms with van der Waals surface area (Å²) in [4.78, 5) is 21.7. The summed E-state index contributed by atoms with van der Waals surface area (Å²) in [5.41, 5.74) is 0.405. The second kappa shape index (κ2) is 8.70. The van der Waals surface area contributed by atoms with Crippen molar-refractivity contribution in [3.63, 3.8) is 0 Å². The number of rotatable bonds is 4. The molecule has 3 fully saturated rings. The molecule has 2 saturated heterocycles. The Kier molecular flexibility index (Phi) is 5.76. The number of likely N-dealkylation sites (tertiary alicyclic amines) is 1. The van der Waals surface area contributed by atoms with Gasteiger partial charge in [0, 0.05) is 43.6 Å². The number of halogens is 1. The Morgan fingerprint density at radius 1 is 1.12 bits per heavy atom. The molecule has 32 heavy (non-hydrogen) atoms. The third-order valence-corrected chi connectivity index (χ3v) is 7.37. The first-order valence-corrected chi connectivity index (χ1v) is 11.7. The van der Waals surface area contributed by atoms with Gasteiger partial charge in [0.05, 0.1) is 17.7 Å². The summed E-state index contributed by atoms with van der Waals surface area (Å²) in [5.74, 6) is 0.478. The first-order chi connectivity index (χ1) is 15.5. The number of aromatic nitrogens is 1. The van der Waals surface area contributed by atoms with Gasteiger partial charge in [-0.25, -0.2) is 4.39 Å². The van der Waals surface area contributed by atoms with Crippen molar-refractivity contribution >= 4 is 11.6 Å². The van der Waals surface area contributed by atoms with Crippen LogP contribution in [-0.4, -0.2) is 52.7 Å². The molecule has 170 valence electrons. The van der Waals surface area contributed by atoms with Gasteiger partial charge in [-0.2, -0.15) is 0 Å². The molecule has 1 aromatic heterocycles. The van der Waals surface area contributed by atoms with E-state index in [0.29, 0.717) is 12.3 Å². The molecule has 0 bridgehead atoms. The number of ether oxygens (including phenoxy) is 1. The molecule has 5 rings (SSSR count). The molecule has 3 heterocycles. The molecule has 1 atom stereocenters. The number of piperidine rings is 1. The smallest absolute Gasteiger partial charge is 0.230 e. The average molecular weight is 440 g/mol. The lowest BCUT2D eigenvalue weighted by Gasteiger charge is -2.41. The molecule has 7 heteroatoms. The van der Waals surface area contributed by atoms with E-state index < -0.39 is 5.82 Å². The van der Waals surface area contributed by atoms with Crippen molar-refractivity contribution in [3.8, 4) is 11.5 Å². The monoisotopic (exact) mass is 439 g/mol. The number of hydrogen-bond donors (Lipinski definition) is 1. The van der Waals surface area contributed by atoms with E-state index in [1.54, 1.807) is 30.6 Å². The fraction of sp³-hybridized carbons (Fsp3) is 0.520. The number of pyridine rings is 1. The molecular weight excluding hydrogens is 409 g/mol. The first-order valence-electron chi connectivity index (χ1n) is 11.7. The number of aliphatic hydroxyl groups excluding tert-OH is 1. The highest BCUT2D eigenvalue weighted by molar-refractivity contribution is 5.86. The highest BCUT2D eigenvalue weighted by atomic mass is 19.1. The Hall–Kier alpha value is -2.67. The van der Waals surface area contributed by atoms with Crippen LogP contribution in [0.5, 0.6) is 11.5 Å². The predicted octanol–water partition coefficient (Wildman–Crippen LogP) is 4.14. The molecule has 1 aliphatic carbocycles. The van der Waals surface area contributed by atoms with E-state index in [2.05, 4.69) is 14.8 Å². The second-order valence-corrected chi connectivity index (χ2v) is 9.42. The molecule has 3 aliphatic rings. The number of amides is 1. The minimum absolute atomic E-state index is 0.163. The van der Waals surface area contributed by atoms with E-state index in [9.17, 15) is 14.3 Å². The standard InChI is InChI=1S/C25H30FN3O3/c26-22-15-19(6-9-23(22)32-21-3-1-12-27-16-21)28-13-2-10-25(17-28)11-14-29(24(25)31)18-4-7-20(30)8-5-18/h1,3,6,9,12,15-16,18,20,30H,2,4-5,7-8,10-11,13-14,17H2/t18-,20+,25-/m0/s1. The lowest BCUT2D eigenvalue weighted by atomic mass is 9.78. The number of carbonyl (C=O) groups excluding carboxylic acids is 1. The van der Waals surface area contributed by atoms with Crippen LogP contribution in [0.1, 0.15) is 44.9 Å². The van der Waals surface area contributed by atoms with E-state index in [1.165, 1.54) is 6.07 Å². The molecule has 2 aliphatic heterocycles. The molecule has 1 spiro atoms. The third kappa shape index (κ3) is 4.06. The summed E-state index contributed by atoms with van der Waals surface area (Å²) < 4.78 is 20.4. The summed E-state index contributed by atoms with van der Waals surface area (Å²) in [6, 6.07) is 8.75. The number of nitrogens with zero attached hydrogens (tertiary/aromatic N) is 3.